The van der Waals surface area contributed by atoms with Crippen molar-refractivity contribution in [1.29, 1.82) is 0 Å². The fourth-order valence-electron chi connectivity index (χ4n) is 2.15. The zero-order valence-electron chi connectivity index (χ0n) is 13.4. The van der Waals surface area contributed by atoms with Gasteiger partial charge < -0.3 is 9.88 Å². The summed E-state index contributed by atoms with van der Waals surface area (Å²) in [5.41, 5.74) is 0.824. The maximum absolute atomic E-state index is 12.2. The van der Waals surface area contributed by atoms with Crippen LogP contribution in [0.3, 0.4) is 0 Å². The number of carbonyl (C=O) groups is 1. The summed E-state index contributed by atoms with van der Waals surface area (Å²) in [6.07, 6.45) is 1.77. The Morgan fingerprint density at radius 2 is 2.21 bits per heavy atom. The predicted molar refractivity (Wildman–Crippen MR) is 98.7 cm³/mol. The first kappa shape index (κ1) is 18.8. The number of allylic oxidation sites excluding steroid dienone is 1. The van der Waals surface area contributed by atoms with E-state index in [2.05, 4.69) is 22.1 Å². The van der Waals surface area contributed by atoms with Crippen LogP contribution in [0.4, 0.5) is 0 Å². The van der Waals surface area contributed by atoms with E-state index in [1.807, 2.05) is 24.5 Å². The van der Waals surface area contributed by atoms with Crippen molar-refractivity contribution in [2.24, 2.45) is 0 Å². The molecule has 0 saturated heterocycles. The monoisotopic (exact) mass is 384 g/mol. The molecule has 0 fully saturated rings. The smallest absolute Gasteiger partial charge is 0.230 e. The number of hydrogen-bond acceptors (Lipinski definition) is 4. The van der Waals surface area contributed by atoms with Crippen LogP contribution in [-0.4, -0.2) is 26.4 Å². The average molecular weight is 385 g/mol. The molecule has 0 saturated carbocycles. The number of benzene rings is 1. The number of rotatable bonds is 7. The van der Waals surface area contributed by atoms with Gasteiger partial charge >= 0.3 is 0 Å². The van der Waals surface area contributed by atoms with Crippen molar-refractivity contribution < 1.29 is 4.79 Å². The lowest BCUT2D eigenvalue weighted by atomic mass is 10.1. The number of aromatic nitrogens is 3. The molecule has 1 aromatic carbocycles. The summed E-state index contributed by atoms with van der Waals surface area (Å²) in [7, 11) is 0. The van der Waals surface area contributed by atoms with Crippen molar-refractivity contribution in [3.05, 3.63) is 52.3 Å². The van der Waals surface area contributed by atoms with Crippen LogP contribution >= 0.6 is 35.0 Å². The van der Waals surface area contributed by atoms with Gasteiger partial charge in [0, 0.05) is 16.6 Å². The molecule has 0 aliphatic heterocycles. The lowest BCUT2D eigenvalue weighted by Crippen LogP contribution is -2.28. The number of hydrogen-bond donors (Lipinski definition) is 1. The minimum Gasteiger partial charge on any atom is -0.349 e. The normalized spacial score (nSPS) is 12.0. The number of aryl methyl sites for hydroxylation is 1. The Labute approximate surface area is 155 Å². The Hall–Kier alpha value is -1.50. The van der Waals surface area contributed by atoms with Crippen LogP contribution in [0.15, 0.2) is 36.0 Å². The highest BCUT2D eigenvalue weighted by atomic mass is 35.5. The largest absolute Gasteiger partial charge is 0.349 e. The Morgan fingerprint density at radius 1 is 1.46 bits per heavy atom. The highest BCUT2D eigenvalue weighted by molar-refractivity contribution is 7.99. The summed E-state index contributed by atoms with van der Waals surface area (Å²) in [5, 5.41) is 12.8. The van der Waals surface area contributed by atoms with Gasteiger partial charge in [-0.3, -0.25) is 4.79 Å². The minimum absolute atomic E-state index is 0.107. The molecule has 0 spiro atoms. The van der Waals surface area contributed by atoms with Crippen molar-refractivity contribution in [3.63, 3.8) is 0 Å². The van der Waals surface area contributed by atoms with Crippen molar-refractivity contribution in [2.45, 2.75) is 31.6 Å². The third-order valence-electron chi connectivity index (χ3n) is 3.35. The summed E-state index contributed by atoms with van der Waals surface area (Å²) in [5.74, 6) is 0.925. The topological polar surface area (TPSA) is 59.8 Å². The number of thioether (sulfide) groups is 1. The molecule has 128 valence electrons. The van der Waals surface area contributed by atoms with Crippen LogP contribution in [0.25, 0.3) is 0 Å². The fraction of sp³-hybridized carbons (Fsp3) is 0.312. The second-order valence-corrected chi connectivity index (χ2v) is 6.96. The van der Waals surface area contributed by atoms with Gasteiger partial charge in [-0.15, -0.1) is 16.8 Å². The summed E-state index contributed by atoms with van der Waals surface area (Å²) in [6, 6.07) is 5.01. The van der Waals surface area contributed by atoms with E-state index >= 15 is 0 Å². The van der Waals surface area contributed by atoms with E-state index in [-0.39, 0.29) is 17.7 Å². The summed E-state index contributed by atoms with van der Waals surface area (Å²) < 4.78 is 1.91. The highest BCUT2D eigenvalue weighted by Gasteiger charge is 2.15. The number of nitrogens with one attached hydrogen (secondary N) is 1. The van der Waals surface area contributed by atoms with Gasteiger partial charge in [0.15, 0.2) is 5.16 Å². The van der Waals surface area contributed by atoms with E-state index in [9.17, 15) is 4.79 Å². The van der Waals surface area contributed by atoms with Crippen LogP contribution in [-0.2, 0) is 11.3 Å². The molecule has 5 nitrogen and oxygen atoms in total. The summed E-state index contributed by atoms with van der Waals surface area (Å²) in [4.78, 5) is 12.2. The van der Waals surface area contributed by atoms with Gasteiger partial charge in [0.05, 0.1) is 11.8 Å². The molecule has 0 radical (unpaired) electrons. The quantitative estimate of drug-likeness (QED) is 0.577. The molecule has 1 heterocycles. The van der Waals surface area contributed by atoms with E-state index < -0.39 is 0 Å². The lowest BCUT2D eigenvalue weighted by Gasteiger charge is -2.16. The molecule has 8 heteroatoms. The van der Waals surface area contributed by atoms with Crippen LogP contribution < -0.4 is 5.32 Å². The molecule has 2 aromatic rings. The molecule has 0 aliphatic carbocycles. The maximum Gasteiger partial charge on any atom is 0.230 e. The molecule has 1 unspecified atom stereocenters. The first-order valence-electron chi connectivity index (χ1n) is 7.30. The van der Waals surface area contributed by atoms with Crippen LogP contribution in [0, 0.1) is 6.92 Å². The Kier molecular flexibility index (Phi) is 6.71. The van der Waals surface area contributed by atoms with E-state index in [1.165, 1.54) is 11.8 Å². The van der Waals surface area contributed by atoms with Gasteiger partial charge in [0.1, 0.15) is 5.82 Å². The molecule has 1 N–H and O–H groups in total. The lowest BCUT2D eigenvalue weighted by molar-refractivity contribution is -0.119. The first-order chi connectivity index (χ1) is 11.4. The Morgan fingerprint density at radius 3 is 2.88 bits per heavy atom. The van der Waals surface area contributed by atoms with Gasteiger partial charge in [0.2, 0.25) is 5.91 Å². The molecule has 2 rings (SSSR count). The predicted octanol–water partition coefficient (Wildman–Crippen LogP) is 4.05. The SMILES string of the molecule is C=CCn1c(C)nnc1SCC(=O)NC(C)c1ccc(Cl)cc1Cl. The fourth-order valence-corrected chi connectivity index (χ4v) is 3.53. The van der Waals surface area contributed by atoms with E-state index in [1.54, 1.807) is 18.2 Å². The molecule has 1 atom stereocenters. The van der Waals surface area contributed by atoms with Gasteiger partial charge in [-0.25, -0.2) is 0 Å². The third-order valence-corrected chi connectivity index (χ3v) is 4.88. The molecule has 24 heavy (non-hydrogen) atoms. The van der Waals surface area contributed by atoms with Gasteiger partial charge in [0.25, 0.3) is 0 Å². The molecule has 0 bridgehead atoms. The minimum atomic E-state index is -0.212. The average Bonchev–Trinajstić information content (AvgIpc) is 2.86. The van der Waals surface area contributed by atoms with Gasteiger partial charge in [-0.05, 0) is 31.5 Å². The van der Waals surface area contributed by atoms with E-state index in [4.69, 9.17) is 23.2 Å². The second kappa shape index (κ2) is 8.55. The number of halogens is 2. The molecule has 1 aromatic heterocycles. The zero-order chi connectivity index (χ0) is 17.7. The van der Waals surface area contributed by atoms with Crippen molar-refractivity contribution in [1.82, 2.24) is 20.1 Å². The number of amides is 1. The summed E-state index contributed by atoms with van der Waals surface area (Å²) >= 11 is 13.4. The van der Waals surface area contributed by atoms with E-state index in [0.29, 0.717) is 21.7 Å². The molecule has 1 amide bonds. The van der Waals surface area contributed by atoms with Crippen LogP contribution in [0.5, 0.6) is 0 Å². The molecular formula is C16H18Cl2N4OS. The first-order valence-corrected chi connectivity index (χ1v) is 9.04. The second-order valence-electron chi connectivity index (χ2n) is 5.17. The maximum atomic E-state index is 12.2. The molecule has 0 aliphatic rings. The number of carbonyl (C=O) groups excluding carboxylic acids is 1. The van der Waals surface area contributed by atoms with Crippen molar-refractivity contribution in [3.8, 4) is 0 Å². The van der Waals surface area contributed by atoms with E-state index in [0.717, 1.165) is 11.4 Å². The molecular weight excluding hydrogens is 367 g/mol. The Bertz CT molecular complexity index is 748. The van der Waals surface area contributed by atoms with Crippen LogP contribution in [0.2, 0.25) is 10.0 Å². The highest BCUT2D eigenvalue weighted by Crippen LogP contribution is 2.26. The summed E-state index contributed by atoms with van der Waals surface area (Å²) in [6.45, 7) is 8.07. The third kappa shape index (κ3) is 4.75. The van der Waals surface area contributed by atoms with Crippen molar-refractivity contribution >= 4 is 40.9 Å². The zero-order valence-corrected chi connectivity index (χ0v) is 15.8. The standard InChI is InChI=1S/C16H18Cl2N4OS/c1-4-7-22-11(3)20-21-16(22)24-9-15(23)19-10(2)13-6-5-12(17)8-14(13)18/h4-6,8,10H,1,7,9H2,2-3H3,(H,19,23). The van der Waals surface area contributed by atoms with Crippen molar-refractivity contribution in [2.75, 3.05) is 5.75 Å². The van der Waals surface area contributed by atoms with Gasteiger partial charge in [-0.2, -0.15) is 0 Å². The van der Waals surface area contributed by atoms with Crippen LogP contribution in [0.1, 0.15) is 24.4 Å². The Balaban J connectivity index is 1.95. The van der Waals surface area contributed by atoms with Gasteiger partial charge in [-0.1, -0.05) is 47.1 Å². The number of nitrogens with zero attached hydrogens (tertiary/aromatic N) is 3.